The number of nitro benzene ring substituents is 1. The summed E-state index contributed by atoms with van der Waals surface area (Å²) in [5, 5.41) is 27.2. The SMILES string of the molecule is CC(O)(CNC(=O)c1ccc([N+](=O)[O-])cc1Cl)c1ccsc1. The van der Waals surface area contributed by atoms with Crippen LogP contribution in [0.15, 0.2) is 35.0 Å². The van der Waals surface area contributed by atoms with E-state index in [9.17, 15) is 20.0 Å². The lowest BCUT2D eigenvalue weighted by molar-refractivity contribution is -0.384. The Balaban J connectivity index is 2.08. The van der Waals surface area contributed by atoms with Gasteiger partial charge in [0.2, 0.25) is 0 Å². The molecule has 1 atom stereocenters. The van der Waals surface area contributed by atoms with Gasteiger partial charge in [-0.15, -0.1) is 0 Å². The van der Waals surface area contributed by atoms with Crippen molar-refractivity contribution in [3.63, 3.8) is 0 Å². The van der Waals surface area contributed by atoms with Gasteiger partial charge >= 0.3 is 0 Å². The van der Waals surface area contributed by atoms with Gasteiger partial charge in [0.15, 0.2) is 0 Å². The molecule has 22 heavy (non-hydrogen) atoms. The van der Waals surface area contributed by atoms with Crippen molar-refractivity contribution in [3.8, 4) is 0 Å². The van der Waals surface area contributed by atoms with Gasteiger partial charge in [0.1, 0.15) is 5.60 Å². The van der Waals surface area contributed by atoms with Crippen LogP contribution in [-0.4, -0.2) is 22.5 Å². The lowest BCUT2D eigenvalue weighted by atomic mass is 9.99. The zero-order valence-electron chi connectivity index (χ0n) is 11.6. The van der Waals surface area contributed by atoms with Gasteiger partial charge < -0.3 is 10.4 Å². The average molecular weight is 341 g/mol. The van der Waals surface area contributed by atoms with E-state index < -0.39 is 16.4 Å². The van der Waals surface area contributed by atoms with Gasteiger partial charge in [-0.2, -0.15) is 11.3 Å². The van der Waals surface area contributed by atoms with Crippen LogP contribution in [0.25, 0.3) is 0 Å². The average Bonchev–Trinajstić information content (AvgIpc) is 2.99. The van der Waals surface area contributed by atoms with E-state index in [-0.39, 0.29) is 22.8 Å². The number of hydrogen-bond acceptors (Lipinski definition) is 5. The molecule has 1 amide bonds. The first-order chi connectivity index (χ1) is 10.3. The number of carbonyl (C=O) groups is 1. The lowest BCUT2D eigenvalue weighted by Crippen LogP contribution is -2.38. The molecule has 1 aromatic heterocycles. The third kappa shape index (κ3) is 3.62. The van der Waals surface area contributed by atoms with Crippen LogP contribution in [0.2, 0.25) is 5.02 Å². The third-order valence-electron chi connectivity index (χ3n) is 3.14. The minimum absolute atomic E-state index is 0.00408. The molecule has 0 aliphatic carbocycles. The minimum atomic E-state index is -1.21. The molecule has 0 aliphatic rings. The molecule has 2 N–H and O–H groups in total. The maximum atomic E-state index is 12.1. The number of nitrogens with one attached hydrogen (secondary N) is 1. The van der Waals surface area contributed by atoms with E-state index in [1.807, 2.05) is 5.38 Å². The van der Waals surface area contributed by atoms with Crippen LogP contribution in [0.5, 0.6) is 0 Å². The molecule has 8 heteroatoms. The molecule has 2 aromatic rings. The second-order valence-corrected chi connectivity index (χ2v) is 6.08. The molecule has 0 bridgehead atoms. The first kappa shape index (κ1) is 16.4. The van der Waals surface area contributed by atoms with E-state index >= 15 is 0 Å². The Morgan fingerprint density at radius 3 is 2.77 bits per heavy atom. The highest BCUT2D eigenvalue weighted by atomic mass is 35.5. The summed E-state index contributed by atoms with van der Waals surface area (Å²) >= 11 is 7.34. The van der Waals surface area contributed by atoms with Gasteiger partial charge in [-0.05, 0) is 35.4 Å². The Kier molecular flexibility index (Phi) is 4.80. The Morgan fingerprint density at radius 2 is 2.23 bits per heavy atom. The summed E-state index contributed by atoms with van der Waals surface area (Å²) in [5.74, 6) is -0.504. The smallest absolute Gasteiger partial charge is 0.270 e. The van der Waals surface area contributed by atoms with Crippen LogP contribution >= 0.6 is 22.9 Å². The van der Waals surface area contributed by atoms with Crippen molar-refractivity contribution in [3.05, 3.63) is 61.3 Å². The van der Waals surface area contributed by atoms with Gasteiger partial charge in [-0.1, -0.05) is 11.6 Å². The first-order valence-corrected chi connectivity index (χ1v) is 7.60. The maximum absolute atomic E-state index is 12.1. The van der Waals surface area contributed by atoms with Crippen molar-refractivity contribution in [1.82, 2.24) is 5.32 Å². The Morgan fingerprint density at radius 1 is 1.50 bits per heavy atom. The number of benzene rings is 1. The van der Waals surface area contributed by atoms with Crippen LogP contribution in [-0.2, 0) is 5.60 Å². The number of rotatable bonds is 5. The van der Waals surface area contributed by atoms with Crippen LogP contribution in [0.3, 0.4) is 0 Å². The highest BCUT2D eigenvalue weighted by Gasteiger charge is 2.25. The van der Waals surface area contributed by atoms with Crippen LogP contribution in [0.4, 0.5) is 5.69 Å². The molecular formula is C14H13ClN2O4S. The number of aliphatic hydroxyl groups is 1. The molecule has 0 fully saturated rings. The molecular weight excluding hydrogens is 328 g/mol. The van der Waals surface area contributed by atoms with Gasteiger partial charge in [0.05, 0.1) is 22.1 Å². The van der Waals surface area contributed by atoms with Gasteiger partial charge in [0, 0.05) is 12.1 Å². The van der Waals surface area contributed by atoms with Crippen LogP contribution in [0.1, 0.15) is 22.8 Å². The van der Waals surface area contributed by atoms with Crippen LogP contribution in [0, 0.1) is 10.1 Å². The molecule has 0 aliphatic heterocycles. The second kappa shape index (κ2) is 6.43. The molecule has 0 spiro atoms. The number of amides is 1. The van der Waals surface area contributed by atoms with E-state index in [0.29, 0.717) is 5.56 Å². The van der Waals surface area contributed by atoms with Gasteiger partial charge in [-0.3, -0.25) is 14.9 Å². The Bertz CT molecular complexity index is 701. The number of thiophene rings is 1. The third-order valence-corrected chi connectivity index (χ3v) is 4.14. The van der Waals surface area contributed by atoms with E-state index in [4.69, 9.17) is 11.6 Å². The predicted octanol–water partition coefficient (Wildman–Crippen LogP) is 2.95. The molecule has 2 rings (SSSR count). The quantitative estimate of drug-likeness (QED) is 0.646. The number of nitro groups is 1. The highest BCUT2D eigenvalue weighted by Crippen LogP contribution is 2.24. The molecule has 0 saturated carbocycles. The summed E-state index contributed by atoms with van der Waals surface area (Å²) in [6.07, 6.45) is 0. The number of halogens is 1. The van der Waals surface area contributed by atoms with Crippen molar-refractivity contribution in [2.75, 3.05) is 6.54 Å². The van der Waals surface area contributed by atoms with E-state index in [2.05, 4.69) is 5.32 Å². The molecule has 6 nitrogen and oxygen atoms in total. The van der Waals surface area contributed by atoms with Gasteiger partial charge in [-0.25, -0.2) is 0 Å². The van der Waals surface area contributed by atoms with E-state index in [0.717, 1.165) is 6.07 Å². The molecule has 0 radical (unpaired) electrons. The van der Waals surface area contributed by atoms with Crippen molar-refractivity contribution in [2.24, 2.45) is 0 Å². The Hall–Kier alpha value is -1.96. The summed E-state index contributed by atoms with van der Waals surface area (Å²) in [5.41, 5.74) is -0.573. The lowest BCUT2D eigenvalue weighted by Gasteiger charge is -2.22. The maximum Gasteiger partial charge on any atom is 0.270 e. The number of hydrogen-bond donors (Lipinski definition) is 2. The van der Waals surface area contributed by atoms with Crippen molar-refractivity contribution in [2.45, 2.75) is 12.5 Å². The van der Waals surface area contributed by atoms with Gasteiger partial charge in [0.25, 0.3) is 11.6 Å². The minimum Gasteiger partial charge on any atom is -0.384 e. The fourth-order valence-electron chi connectivity index (χ4n) is 1.82. The van der Waals surface area contributed by atoms with Crippen molar-refractivity contribution >= 4 is 34.5 Å². The summed E-state index contributed by atoms with van der Waals surface area (Å²) in [6, 6.07) is 5.39. The van der Waals surface area contributed by atoms with E-state index in [1.54, 1.807) is 18.4 Å². The fraction of sp³-hybridized carbons (Fsp3) is 0.214. The molecule has 1 heterocycles. The first-order valence-electron chi connectivity index (χ1n) is 6.28. The zero-order chi connectivity index (χ0) is 16.3. The van der Waals surface area contributed by atoms with Crippen molar-refractivity contribution < 1.29 is 14.8 Å². The molecule has 1 unspecified atom stereocenters. The topological polar surface area (TPSA) is 92.5 Å². The predicted molar refractivity (Wildman–Crippen MR) is 84.3 cm³/mol. The number of non-ortho nitro benzene ring substituents is 1. The normalized spacial score (nSPS) is 13.4. The summed E-state index contributed by atoms with van der Waals surface area (Å²) in [6.45, 7) is 1.59. The van der Waals surface area contributed by atoms with Crippen molar-refractivity contribution in [1.29, 1.82) is 0 Å². The summed E-state index contributed by atoms with van der Waals surface area (Å²) in [4.78, 5) is 22.1. The Labute approximate surface area is 135 Å². The number of nitrogens with zero attached hydrogens (tertiary/aromatic N) is 1. The standard InChI is InChI=1S/C14H13ClN2O4S/c1-14(19,9-4-5-22-7-9)8-16-13(18)11-3-2-10(17(20)21)6-12(11)15/h2-7,19H,8H2,1H3,(H,16,18). The fourth-order valence-corrected chi connectivity index (χ4v) is 2.87. The molecule has 116 valence electrons. The highest BCUT2D eigenvalue weighted by molar-refractivity contribution is 7.08. The molecule has 0 saturated heterocycles. The summed E-state index contributed by atoms with van der Waals surface area (Å²) in [7, 11) is 0. The number of carbonyl (C=O) groups excluding carboxylic acids is 1. The summed E-state index contributed by atoms with van der Waals surface area (Å²) < 4.78 is 0. The zero-order valence-corrected chi connectivity index (χ0v) is 13.1. The van der Waals surface area contributed by atoms with Crippen LogP contribution < -0.4 is 5.32 Å². The second-order valence-electron chi connectivity index (χ2n) is 4.89. The van der Waals surface area contributed by atoms with E-state index in [1.165, 1.54) is 23.5 Å². The monoisotopic (exact) mass is 340 g/mol. The largest absolute Gasteiger partial charge is 0.384 e. The molecule has 1 aromatic carbocycles.